The van der Waals surface area contributed by atoms with E-state index in [1.165, 1.54) is 5.56 Å². The van der Waals surface area contributed by atoms with Crippen LogP contribution in [0.1, 0.15) is 18.9 Å². The van der Waals surface area contributed by atoms with E-state index in [1.54, 1.807) is 11.3 Å². The van der Waals surface area contributed by atoms with Gasteiger partial charge in [-0.2, -0.15) is 16.4 Å². The van der Waals surface area contributed by atoms with Gasteiger partial charge in [0.25, 0.3) is 0 Å². The largest absolute Gasteiger partial charge is 0.366 e. The number of hydrogen-bond donors (Lipinski definition) is 1. The molecule has 0 saturated carbocycles. The van der Waals surface area contributed by atoms with Crippen LogP contribution in [0, 0.1) is 0 Å². The monoisotopic (exact) mass is 221 g/mol. The number of aromatic nitrogens is 2. The molecule has 0 aliphatic carbocycles. The quantitative estimate of drug-likeness (QED) is 0.841. The minimum absolute atomic E-state index is 0.874. The summed E-state index contributed by atoms with van der Waals surface area (Å²) in [6.45, 7) is 4.00. The van der Waals surface area contributed by atoms with E-state index in [0.717, 1.165) is 25.3 Å². The summed E-state index contributed by atoms with van der Waals surface area (Å²) in [5.41, 5.74) is 1.32. The van der Waals surface area contributed by atoms with Crippen LogP contribution < -0.4 is 5.32 Å². The zero-order valence-electron chi connectivity index (χ0n) is 8.81. The van der Waals surface area contributed by atoms with Crippen molar-refractivity contribution in [1.29, 1.82) is 0 Å². The summed E-state index contributed by atoms with van der Waals surface area (Å²) in [6.07, 6.45) is 2.94. The molecule has 1 N–H and O–H groups in total. The van der Waals surface area contributed by atoms with Crippen LogP contribution in [0.15, 0.2) is 29.1 Å². The van der Waals surface area contributed by atoms with E-state index >= 15 is 0 Å². The van der Waals surface area contributed by atoms with E-state index < -0.39 is 0 Å². The average molecular weight is 221 g/mol. The standard InChI is InChI=1S/C11H15N3S/c1-2-6-14-11(3-5-13-14)12-8-10-4-7-15-9-10/h3-5,7,9,12H,2,6,8H2,1H3. The van der Waals surface area contributed by atoms with Gasteiger partial charge < -0.3 is 5.32 Å². The summed E-state index contributed by atoms with van der Waals surface area (Å²) in [7, 11) is 0. The molecule has 0 aliphatic heterocycles. The third-order valence-corrected chi connectivity index (χ3v) is 2.94. The first kappa shape index (κ1) is 10.2. The lowest BCUT2D eigenvalue weighted by atomic mass is 10.3. The molecule has 2 aromatic rings. The maximum absolute atomic E-state index is 4.26. The predicted octanol–water partition coefficient (Wildman–Crippen LogP) is 2.97. The van der Waals surface area contributed by atoms with Gasteiger partial charge in [0.05, 0.1) is 6.20 Å². The molecule has 2 heterocycles. The molecular formula is C11H15N3S. The topological polar surface area (TPSA) is 29.9 Å². The van der Waals surface area contributed by atoms with Crippen molar-refractivity contribution in [2.75, 3.05) is 5.32 Å². The fraction of sp³-hybridized carbons (Fsp3) is 0.364. The molecule has 0 aliphatic rings. The van der Waals surface area contributed by atoms with Crippen molar-refractivity contribution in [1.82, 2.24) is 9.78 Å². The third kappa shape index (κ3) is 2.59. The van der Waals surface area contributed by atoms with Gasteiger partial charge in [0, 0.05) is 19.2 Å². The minimum atomic E-state index is 0.874. The highest BCUT2D eigenvalue weighted by atomic mass is 32.1. The van der Waals surface area contributed by atoms with Crippen LogP contribution in [-0.2, 0) is 13.1 Å². The van der Waals surface area contributed by atoms with E-state index in [9.17, 15) is 0 Å². The van der Waals surface area contributed by atoms with E-state index in [4.69, 9.17) is 0 Å². The summed E-state index contributed by atoms with van der Waals surface area (Å²) in [6, 6.07) is 4.15. The molecule has 0 saturated heterocycles. The van der Waals surface area contributed by atoms with Gasteiger partial charge in [-0.05, 0) is 28.8 Å². The second-order valence-corrected chi connectivity index (χ2v) is 4.20. The molecule has 0 bridgehead atoms. The Morgan fingerprint density at radius 2 is 2.40 bits per heavy atom. The summed E-state index contributed by atoms with van der Waals surface area (Å²) in [4.78, 5) is 0. The van der Waals surface area contributed by atoms with Crippen LogP contribution in [0.4, 0.5) is 5.82 Å². The van der Waals surface area contributed by atoms with Crippen LogP contribution in [0.25, 0.3) is 0 Å². The second-order valence-electron chi connectivity index (χ2n) is 3.42. The summed E-state index contributed by atoms with van der Waals surface area (Å²) < 4.78 is 2.01. The van der Waals surface area contributed by atoms with Crippen LogP contribution in [-0.4, -0.2) is 9.78 Å². The molecule has 0 amide bonds. The Morgan fingerprint density at radius 3 is 3.13 bits per heavy atom. The Kier molecular flexibility index (Phi) is 3.40. The van der Waals surface area contributed by atoms with Crippen molar-refractivity contribution >= 4 is 17.2 Å². The van der Waals surface area contributed by atoms with E-state index in [-0.39, 0.29) is 0 Å². The molecule has 2 aromatic heterocycles. The van der Waals surface area contributed by atoms with Gasteiger partial charge in [0.1, 0.15) is 5.82 Å². The van der Waals surface area contributed by atoms with Gasteiger partial charge in [-0.15, -0.1) is 0 Å². The molecule has 0 unspecified atom stereocenters. The number of nitrogens with zero attached hydrogens (tertiary/aromatic N) is 2. The molecule has 0 aromatic carbocycles. The van der Waals surface area contributed by atoms with Gasteiger partial charge in [0.2, 0.25) is 0 Å². The van der Waals surface area contributed by atoms with Gasteiger partial charge in [-0.3, -0.25) is 0 Å². The van der Waals surface area contributed by atoms with Crippen molar-refractivity contribution in [3.8, 4) is 0 Å². The van der Waals surface area contributed by atoms with Crippen molar-refractivity contribution in [3.63, 3.8) is 0 Å². The lowest BCUT2D eigenvalue weighted by Gasteiger charge is -2.07. The lowest BCUT2D eigenvalue weighted by molar-refractivity contribution is 0.607. The zero-order valence-corrected chi connectivity index (χ0v) is 9.63. The Morgan fingerprint density at radius 1 is 1.47 bits per heavy atom. The molecule has 0 fully saturated rings. The summed E-state index contributed by atoms with van der Waals surface area (Å²) in [5, 5.41) is 11.9. The second kappa shape index (κ2) is 4.98. The number of anilines is 1. The zero-order chi connectivity index (χ0) is 10.5. The van der Waals surface area contributed by atoms with Crippen LogP contribution in [0.5, 0.6) is 0 Å². The van der Waals surface area contributed by atoms with Crippen molar-refractivity contribution in [3.05, 3.63) is 34.7 Å². The highest BCUT2D eigenvalue weighted by Crippen LogP contribution is 2.11. The lowest BCUT2D eigenvalue weighted by Crippen LogP contribution is -2.07. The number of hydrogen-bond acceptors (Lipinski definition) is 3. The summed E-state index contributed by atoms with van der Waals surface area (Å²) >= 11 is 1.73. The molecule has 3 nitrogen and oxygen atoms in total. The molecule has 0 atom stereocenters. The number of nitrogens with one attached hydrogen (secondary N) is 1. The van der Waals surface area contributed by atoms with Gasteiger partial charge in [0.15, 0.2) is 0 Å². The summed E-state index contributed by atoms with van der Waals surface area (Å²) in [5.74, 6) is 1.10. The molecule has 4 heteroatoms. The maximum atomic E-state index is 4.26. The van der Waals surface area contributed by atoms with Crippen molar-refractivity contribution in [2.45, 2.75) is 26.4 Å². The van der Waals surface area contributed by atoms with Gasteiger partial charge in [-0.1, -0.05) is 6.92 Å². The number of thiophene rings is 1. The molecule has 15 heavy (non-hydrogen) atoms. The Labute approximate surface area is 93.7 Å². The predicted molar refractivity (Wildman–Crippen MR) is 64.2 cm³/mol. The number of aryl methyl sites for hydroxylation is 1. The van der Waals surface area contributed by atoms with Gasteiger partial charge in [-0.25, -0.2) is 4.68 Å². The molecule has 0 radical (unpaired) electrons. The number of rotatable bonds is 5. The third-order valence-electron chi connectivity index (χ3n) is 2.21. The Bertz CT molecular complexity index is 392. The average Bonchev–Trinajstić information content (AvgIpc) is 2.85. The molecule has 80 valence electrons. The Balaban J connectivity index is 1.95. The van der Waals surface area contributed by atoms with Gasteiger partial charge >= 0.3 is 0 Å². The van der Waals surface area contributed by atoms with Crippen molar-refractivity contribution < 1.29 is 0 Å². The van der Waals surface area contributed by atoms with Crippen LogP contribution in [0.3, 0.4) is 0 Å². The van der Waals surface area contributed by atoms with Crippen molar-refractivity contribution in [2.24, 2.45) is 0 Å². The van der Waals surface area contributed by atoms with E-state index in [1.807, 2.05) is 16.9 Å². The van der Waals surface area contributed by atoms with Crippen LogP contribution in [0.2, 0.25) is 0 Å². The smallest absolute Gasteiger partial charge is 0.124 e. The Hall–Kier alpha value is -1.29. The first-order valence-corrected chi connectivity index (χ1v) is 6.11. The minimum Gasteiger partial charge on any atom is -0.366 e. The molecule has 2 rings (SSSR count). The maximum Gasteiger partial charge on any atom is 0.124 e. The van der Waals surface area contributed by atoms with Crippen LogP contribution >= 0.6 is 11.3 Å². The first-order valence-electron chi connectivity index (χ1n) is 5.17. The SMILES string of the molecule is CCCn1nccc1NCc1ccsc1. The first-order chi connectivity index (χ1) is 7.40. The molecular weight excluding hydrogens is 206 g/mol. The normalized spacial score (nSPS) is 10.5. The fourth-order valence-corrected chi connectivity index (χ4v) is 2.13. The highest BCUT2D eigenvalue weighted by molar-refractivity contribution is 7.07. The molecule has 0 spiro atoms. The fourth-order valence-electron chi connectivity index (χ4n) is 1.46. The van der Waals surface area contributed by atoms with E-state index in [2.05, 4.69) is 34.2 Å². The van der Waals surface area contributed by atoms with E-state index in [0.29, 0.717) is 0 Å². The highest BCUT2D eigenvalue weighted by Gasteiger charge is 2.00.